The Kier molecular flexibility index (Phi) is 6.13. The van der Waals surface area contributed by atoms with Crippen LogP contribution in [-0.2, 0) is 13.0 Å². The fourth-order valence-electron chi connectivity index (χ4n) is 3.26. The SMILES string of the molecule is COc1ccc(OC)c(Sc2nc3c(N)ncn(CCc4ccccc4OC)c-3n2)c1. The van der Waals surface area contributed by atoms with Gasteiger partial charge in [-0.1, -0.05) is 18.2 Å². The number of hydrogen-bond acceptors (Lipinski definition) is 8. The lowest BCUT2D eigenvalue weighted by Gasteiger charge is -2.12. The number of nitrogen functional groups attached to an aromatic ring is 1. The van der Waals surface area contributed by atoms with Gasteiger partial charge in [0.25, 0.3) is 0 Å². The molecule has 2 aliphatic heterocycles. The topological polar surface area (TPSA) is 97.3 Å². The van der Waals surface area contributed by atoms with E-state index in [1.54, 1.807) is 27.7 Å². The van der Waals surface area contributed by atoms with Gasteiger partial charge in [0.2, 0.25) is 0 Å². The first kappa shape index (κ1) is 20.8. The molecule has 0 saturated carbocycles. The van der Waals surface area contributed by atoms with Gasteiger partial charge in [0, 0.05) is 6.54 Å². The average Bonchev–Trinajstić information content (AvgIpc) is 3.23. The number of anilines is 1. The van der Waals surface area contributed by atoms with E-state index in [2.05, 4.69) is 9.97 Å². The Balaban J connectivity index is 1.63. The molecule has 0 atom stereocenters. The Labute approximate surface area is 184 Å². The summed E-state index contributed by atoms with van der Waals surface area (Å²) in [4.78, 5) is 14.5. The van der Waals surface area contributed by atoms with Gasteiger partial charge in [-0.15, -0.1) is 0 Å². The van der Waals surface area contributed by atoms with Gasteiger partial charge in [-0.05, 0) is 48.0 Å². The zero-order valence-electron chi connectivity index (χ0n) is 17.5. The third-order valence-electron chi connectivity index (χ3n) is 4.86. The minimum Gasteiger partial charge on any atom is -0.497 e. The van der Waals surface area contributed by atoms with Crippen LogP contribution < -0.4 is 19.9 Å². The van der Waals surface area contributed by atoms with Gasteiger partial charge in [0.05, 0.1) is 32.6 Å². The molecular formula is C22H23N5O3S. The van der Waals surface area contributed by atoms with Crippen molar-refractivity contribution in [2.75, 3.05) is 27.1 Å². The lowest BCUT2D eigenvalue weighted by molar-refractivity contribution is 0.394. The van der Waals surface area contributed by atoms with Crippen LogP contribution in [0.15, 0.2) is 58.8 Å². The summed E-state index contributed by atoms with van der Waals surface area (Å²) in [6, 6.07) is 13.5. The Morgan fingerprint density at radius 3 is 2.55 bits per heavy atom. The van der Waals surface area contributed by atoms with Crippen LogP contribution in [0.3, 0.4) is 0 Å². The van der Waals surface area contributed by atoms with Crippen molar-refractivity contribution in [2.24, 2.45) is 0 Å². The Morgan fingerprint density at radius 2 is 1.77 bits per heavy atom. The van der Waals surface area contributed by atoms with Crippen LogP contribution in [0.25, 0.3) is 11.5 Å². The largest absolute Gasteiger partial charge is 0.497 e. The maximum Gasteiger partial charge on any atom is 0.195 e. The number of nitrogens with zero attached hydrogens (tertiary/aromatic N) is 4. The predicted octanol–water partition coefficient (Wildman–Crippen LogP) is 3.78. The van der Waals surface area contributed by atoms with Crippen molar-refractivity contribution in [1.29, 1.82) is 0 Å². The molecule has 0 bridgehead atoms. The van der Waals surface area contributed by atoms with Crippen molar-refractivity contribution in [1.82, 2.24) is 19.5 Å². The number of methoxy groups -OCH3 is 3. The van der Waals surface area contributed by atoms with E-state index in [0.717, 1.165) is 34.1 Å². The molecule has 0 fully saturated rings. The van der Waals surface area contributed by atoms with Crippen molar-refractivity contribution in [3.05, 3.63) is 54.4 Å². The van der Waals surface area contributed by atoms with Gasteiger partial charge < -0.3 is 24.5 Å². The van der Waals surface area contributed by atoms with Crippen molar-refractivity contribution in [2.45, 2.75) is 23.0 Å². The number of hydrogen-bond donors (Lipinski definition) is 1. The molecule has 2 aromatic carbocycles. The summed E-state index contributed by atoms with van der Waals surface area (Å²) in [6.45, 7) is 0.662. The summed E-state index contributed by atoms with van der Waals surface area (Å²) in [5.74, 6) is 3.34. The average molecular weight is 438 g/mol. The molecule has 0 aliphatic carbocycles. The molecule has 9 heteroatoms. The highest BCUT2D eigenvalue weighted by Crippen LogP contribution is 2.38. The van der Waals surface area contributed by atoms with Crippen molar-refractivity contribution in [3.8, 4) is 28.8 Å². The lowest BCUT2D eigenvalue weighted by Crippen LogP contribution is -2.10. The first-order chi connectivity index (χ1) is 15.1. The second-order valence-corrected chi connectivity index (χ2v) is 7.69. The van der Waals surface area contributed by atoms with Gasteiger partial charge in [-0.3, -0.25) is 0 Å². The fourth-order valence-corrected chi connectivity index (χ4v) is 4.15. The molecule has 0 amide bonds. The molecule has 2 aromatic rings. The number of ether oxygens (including phenoxy) is 3. The van der Waals surface area contributed by atoms with E-state index in [0.29, 0.717) is 29.0 Å². The predicted molar refractivity (Wildman–Crippen MR) is 119 cm³/mol. The summed E-state index contributed by atoms with van der Waals surface area (Å²) in [5, 5.41) is 0.562. The van der Waals surface area contributed by atoms with E-state index in [4.69, 9.17) is 24.9 Å². The minimum atomic E-state index is 0.348. The zero-order chi connectivity index (χ0) is 21.8. The number of imidazole rings is 1. The smallest absolute Gasteiger partial charge is 0.195 e. The van der Waals surface area contributed by atoms with Crippen LogP contribution in [0.5, 0.6) is 17.2 Å². The molecule has 4 rings (SSSR count). The highest BCUT2D eigenvalue weighted by Gasteiger charge is 2.20. The van der Waals surface area contributed by atoms with Gasteiger partial charge in [0.15, 0.2) is 22.5 Å². The fraction of sp³-hybridized carbons (Fsp3) is 0.227. The summed E-state index contributed by atoms with van der Waals surface area (Å²) in [6.07, 6.45) is 2.46. The molecule has 2 N–H and O–H groups in total. The summed E-state index contributed by atoms with van der Waals surface area (Å²) < 4.78 is 18.2. The molecular weight excluding hydrogens is 414 g/mol. The number of aromatic nitrogens is 4. The third kappa shape index (κ3) is 4.36. The van der Waals surface area contributed by atoms with Crippen molar-refractivity contribution >= 4 is 17.6 Å². The Morgan fingerprint density at radius 1 is 0.968 bits per heavy atom. The van der Waals surface area contributed by atoms with E-state index in [1.165, 1.54) is 11.8 Å². The number of rotatable bonds is 8. The van der Waals surface area contributed by atoms with Crippen LogP contribution >= 0.6 is 11.8 Å². The maximum atomic E-state index is 6.09. The monoisotopic (exact) mass is 437 g/mol. The highest BCUT2D eigenvalue weighted by molar-refractivity contribution is 7.99. The molecule has 2 heterocycles. The van der Waals surface area contributed by atoms with Gasteiger partial charge in [0.1, 0.15) is 17.2 Å². The standard InChI is InChI=1S/C22H23N5O3S/c1-28-15-8-9-17(30-3)18(12-15)31-22-25-19-20(23)24-13-27(21(19)26-22)11-10-14-6-4-5-7-16(14)29-2/h4-9,12-13H,10-11,23H2,1-3H3. The molecule has 0 aromatic heterocycles. The van der Waals surface area contributed by atoms with E-state index in [-0.39, 0.29) is 0 Å². The second-order valence-electron chi connectivity index (χ2n) is 6.68. The first-order valence-electron chi connectivity index (χ1n) is 9.63. The number of fused-ring (bicyclic) bond motifs is 1. The maximum absolute atomic E-state index is 6.09. The van der Waals surface area contributed by atoms with Gasteiger partial charge in [-0.2, -0.15) is 0 Å². The minimum absolute atomic E-state index is 0.348. The zero-order valence-corrected chi connectivity index (χ0v) is 18.3. The van der Waals surface area contributed by atoms with Crippen LogP contribution in [0.2, 0.25) is 0 Å². The summed E-state index contributed by atoms with van der Waals surface area (Å²) in [5.41, 5.74) is 7.77. The van der Waals surface area contributed by atoms with E-state index in [9.17, 15) is 0 Å². The highest BCUT2D eigenvalue weighted by atomic mass is 32.2. The molecule has 0 saturated heterocycles. The molecule has 160 valence electrons. The number of para-hydroxylation sites is 1. The molecule has 2 aliphatic rings. The summed E-state index contributed by atoms with van der Waals surface area (Å²) >= 11 is 1.39. The van der Waals surface area contributed by atoms with Crippen LogP contribution in [-0.4, -0.2) is 40.8 Å². The van der Waals surface area contributed by atoms with Crippen LogP contribution in [0.4, 0.5) is 5.82 Å². The molecule has 8 nitrogen and oxygen atoms in total. The molecule has 0 spiro atoms. The first-order valence-corrected chi connectivity index (χ1v) is 10.4. The van der Waals surface area contributed by atoms with Crippen molar-refractivity contribution in [3.63, 3.8) is 0 Å². The molecule has 0 radical (unpaired) electrons. The second kappa shape index (κ2) is 9.13. The Hall–Kier alpha value is -3.46. The van der Waals surface area contributed by atoms with Gasteiger partial charge in [-0.25, -0.2) is 15.0 Å². The third-order valence-corrected chi connectivity index (χ3v) is 5.76. The van der Waals surface area contributed by atoms with Crippen molar-refractivity contribution < 1.29 is 14.2 Å². The van der Waals surface area contributed by atoms with E-state index in [1.807, 2.05) is 47.0 Å². The van der Waals surface area contributed by atoms with Gasteiger partial charge >= 0.3 is 0 Å². The molecule has 0 unspecified atom stereocenters. The Bertz CT molecular complexity index is 1160. The molecule has 31 heavy (non-hydrogen) atoms. The van der Waals surface area contributed by atoms with Crippen LogP contribution in [0, 0.1) is 0 Å². The number of benzene rings is 2. The lowest BCUT2D eigenvalue weighted by atomic mass is 10.1. The summed E-state index contributed by atoms with van der Waals surface area (Å²) in [7, 11) is 4.93. The quantitative estimate of drug-likeness (QED) is 0.445. The van der Waals surface area contributed by atoms with E-state index < -0.39 is 0 Å². The number of aryl methyl sites for hydroxylation is 2. The number of nitrogens with two attached hydrogens (primary N) is 1. The van der Waals surface area contributed by atoms with E-state index >= 15 is 0 Å². The van der Waals surface area contributed by atoms with Crippen LogP contribution in [0.1, 0.15) is 5.56 Å². The normalized spacial score (nSPS) is 10.9.